The number of aliphatic hydroxyl groups excluding tert-OH is 5. The summed E-state index contributed by atoms with van der Waals surface area (Å²) in [5.74, 6) is -3.13. The molecule has 292 valence electrons. The Labute approximate surface area is 303 Å². The number of carbonyl (C=O) groups excluding carboxylic acids is 3. The van der Waals surface area contributed by atoms with Crippen LogP contribution >= 0.6 is 0 Å². The fourth-order valence-corrected chi connectivity index (χ4v) is 7.41. The molecule has 0 amide bonds. The van der Waals surface area contributed by atoms with Gasteiger partial charge in [-0.25, -0.2) is 4.79 Å². The molecule has 18 heteroatoms. The van der Waals surface area contributed by atoms with E-state index in [2.05, 4.69) is 0 Å². The van der Waals surface area contributed by atoms with Crippen molar-refractivity contribution in [3.05, 3.63) is 48.2 Å². The van der Waals surface area contributed by atoms with Crippen molar-refractivity contribution in [2.45, 2.75) is 106 Å². The Morgan fingerprint density at radius 3 is 2.17 bits per heavy atom. The molecule has 3 saturated heterocycles. The Balaban J connectivity index is 1.21. The molecule has 16 atom stereocenters. The summed E-state index contributed by atoms with van der Waals surface area (Å²) in [7, 11) is 1.53. The Morgan fingerprint density at radius 2 is 1.53 bits per heavy atom. The van der Waals surface area contributed by atoms with Crippen LogP contribution in [0.25, 0.3) is 6.08 Å². The monoisotopic (exact) mass is 752 g/mol. The number of fused-ring (bicyclic) bond motifs is 3. The maximum atomic E-state index is 13.0. The number of aliphatic hydroxyl groups is 5. The molecule has 5 N–H and O–H groups in total. The number of rotatable bonds is 12. The molecule has 1 aliphatic carbocycles. The van der Waals surface area contributed by atoms with Crippen LogP contribution in [0.1, 0.15) is 26.3 Å². The molecule has 1 saturated carbocycles. The van der Waals surface area contributed by atoms with E-state index in [1.165, 1.54) is 25.5 Å². The molecule has 0 spiro atoms. The van der Waals surface area contributed by atoms with Gasteiger partial charge < -0.3 is 72.9 Å². The topological polar surface area (TPSA) is 248 Å². The van der Waals surface area contributed by atoms with Crippen molar-refractivity contribution in [3.8, 4) is 5.75 Å². The number of methoxy groups -OCH3 is 1. The summed E-state index contributed by atoms with van der Waals surface area (Å²) < 4.78 is 57.8. The minimum absolute atomic E-state index is 0.516. The average Bonchev–Trinajstić information content (AvgIpc) is 3.81. The van der Waals surface area contributed by atoms with E-state index in [0.717, 1.165) is 13.8 Å². The predicted molar refractivity (Wildman–Crippen MR) is 173 cm³/mol. The van der Waals surface area contributed by atoms with Crippen molar-refractivity contribution < 1.29 is 87.3 Å². The van der Waals surface area contributed by atoms with Crippen molar-refractivity contribution in [3.63, 3.8) is 0 Å². The smallest absolute Gasteiger partial charge is 0.331 e. The Bertz CT molecular complexity index is 1530. The highest BCUT2D eigenvalue weighted by Crippen LogP contribution is 2.61. The zero-order valence-electron chi connectivity index (χ0n) is 29.2. The number of ether oxygens (including phenoxy) is 10. The maximum Gasteiger partial charge on any atom is 0.331 e. The Kier molecular flexibility index (Phi) is 11.7. The van der Waals surface area contributed by atoms with E-state index in [0.29, 0.717) is 11.3 Å². The zero-order valence-corrected chi connectivity index (χ0v) is 29.2. The molecular weight excluding hydrogens is 708 g/mol. The van der Waals surface area contributed by atoms with E-state index in [9.17, 15) is 39.9 Å². The Morgan fingerprint density at radius 1 is 0.830 bits per heavy atom. The lowest BCUT2D eigenvalue weighted by atomic mass is 9.85. The first-order valence-corrected chi connectivity index (χ1v) is 17.1. The van der Waals surface area contributed by atoms with Crippen LogP contribution in [0, 0.1) is 11.8 Å². The molecule has 0 bridgehead atoms. The number of esters is 3. The van der Waals surface area contributed by atoms with Gasteiger partial charge in [0.15, 0.2) is 30.9 Å². The minimum atomic E-state index is -1.73. The van der Waals surface area contributed by atoms with Gasteiger partial charge in [-0.05, 0) is 36.8 Å². The molecule has 18 nitrogen and oxygen atoms in total. The number of benzene rings is 1. The van der Waals surface area contributed by atoms with Crippen LogP contribution in [0.3, 0.4) is 0 Å². The van der Waals surface area contributed by atoms with Gasteiger partial charge in [-0.15, -0.1) is 0 Å². The van der Waals surface area contributed by atoms with E-state index < -0.39 is 128 Å². The van der Waals surface area contributed by atoms with Gasteiger partial charge in [-0.1, -0.05) is 12.1 Å². The zero-order chi connectivity index (χ0) is 38.2. The summed E-state index contributed by atoms with van der Waals surface area (Å²) in [6.45, 7) is 2.64. The molecular formula is C35H44O18. The summed E-state index contributed by atoms with van der Waals surface area (Å²) in [5.41, 5.74) is -0.600. The third kappa shape index (κ3) is 7.79. The quantitative estimate of drug-likeness (QED) is 0.0719. The van der Waals surface area contributed by atoms with Crippen LogP contribution < -0.4 is 4.74 Å². The fourth-order valence-electron chi connectivity index (χ4n) is 7.41. The number of epoxide rings is 1. The highest BCUT2D eigenvalue weighted by molar-refractivity contribution is 5.87. The number of hydrogen-bond donors (Lipinski definition) is 5. The summed E-state index contributed by atoms with van der Waals surface area (Å²) in [5, 5.41) is 51.2. The largest absolute Gasteiger partial charge is 0.497 e. The number of hydrogen-bond acceptors (Lipinski definition) is 18. The highest BCUT2D eigenvalue weighted by atomic mass is 16.8. The van der Waals surface area contributed by atoms with Crippen LogP contribution in [0.4, 0.5) is 0 Å². The third-order valence-electron chi connectivity index (χ3n) is 10.0. The van der Waals surface area contributed by atoms with Crippen LogP contribution in [0.15, 0.2) is 42.7 Å². The summed E-state index contributed by atoms with van der Waals surface area (Å²) >= 11 is 0. The van der Waals surface area contributed by atoms with Gasteiger partial charge in [-0.2, -0.15) is 0 Å². The molecule has 4 fully saturated rings. The molecule has 5 aliphatic rings. The normalized spacial score (nSPS) is 41.5. The summed E-state index contributed by atoms with van der Waals surface area (Å²) in [4.78, 5) is 37.8. The molecule has 16 unspecified atom stereocenters. The molecule has 4 aliphatic heterocycles. The van der Waals surface area contributed by atoms with Crippen molar-refractivity contribution in [2.24, 2.45) is 11.8 Å². The molecule has 1 aromatic rings. The van der Waals surface area contributed by atoms with E-state index in [1.54, 1.807) is 37.3 Å². The van der Waals surface area contributed by atoms with Crippen LogP contribution in [-0.2, 0) is 57.0 Å². The second kappa shape index (κ2) is 16.0. The van der Waals surface area contributed by atoms with Gasteiger partial charge in [0.05, 0.1) is 44.7 Å². The van der Waals surface area contributed by atoms with Crippen molar-refractivity contribution in [1.29, 1.82) is 0 Å². The minimum Gasteiger partial charge on any atom is -0.497 e. The first-order valence-electron chi connectivity index (χ1n) is 17.1. The van der Waals surface area contributed by atoms with Crippen molar-refractivity contribution in [2.75, 3.05) is 20.3 Å². The number of carbonyl (C=O) groups is 3. The van der Waals surface area contributed by atoms with E-state index in [-0.39, 0.29) is 0 Å². The highest BCUT2D eigenvalue weighted by Gasteiger charge is 2.77. The average molecular weight is 753 g/mol. The second-order valence-corrected chi connectivity index (χ2v) is 13.4. The lowest BCUT2D eigenvalue weighted by Crippen LogP contribution is -2.62. The van der Waals surface area contributed by atoms with Gasteiger partial charge >= 0.3 is 17.9 Å². The molecule has 4 heterocycles. The third-order valence-corrected chi connectivity index (χ3v) is 10.0. The van der Waals surface area contributed by atoms with Gasteiger partial charge in [0, 0.05) is 25.8 Å². The van der Waals surface area contributed by atoms with E-state index in [1.807, 2.05) is 0 Å². The SMILES string of the molecule is COc1ccc(C=CC(=O)OC2C(C)OC(OC3C4C=COC(OC5OC(CO)C(O)C(O)C5O)C4C4(CO)OC34)C(OC(C)=O)C2OC(C)=O)cc1. The molecule has 0 radical (unpaired) electrons. The Hall–Kier alpha value is -3.69. The maximum absolute atomic E-state index is 13.0. The van der Waals surface area contributed by atoms with E-state index >= 15 is 0 Å². The summed E-state index contributed by atoms with van der Waals surface area (Å²) in [6.07, 6.45) is -11.6. The van der Waals surface area contributed by atoms with Crippen LogP contribution in [0.2, 0.25) is 0 Å². The van der Waals surface area contributed by atoms with Gasteiger partial charge in [-0.3, -0.25) is 9.59 Å². The molecule has 0 aromatic heterocycles. The van der Waals surface area contributed by atoms with Gasteiger partial charge in [0.1, 0.15) is 41.9 Å². The van der Waals surface area contributed by atoms with Crippen molar-refractivity contribution >= 4 is 24.0 Å². The van der Waals surface area contributed by atoms with Gasteiger partial charge in [0.2, 0.25) is 6.29 Å². The van der Waals surface area contributed by atoms with Gasteiger partial charge in [0.25, 0.3) is 0 Å². The lowest BCUT2D eigenvalue weighted by Gasteiger charge is -2.45. The molecule has 53 heavy (non-hydrogen) atoms. The molecule has 6 rings (SSSR count). The first-order chi connectivity index (χ1) is 25.3. The fraction of sp³-hybridized carbons (Fsp3) is 0.629. The first kappa shape index (κ1) is 39.0. The summed E-state index contributed by atoms with van der Waals surface area (Å²) in [6, 6.07) is 6.90. The van der Waals surface area contributed by atoms with E-state index in [4.69, 9.17) is 47.4 Å². The van der Waals surface area contributed by atoms with Crippen LogP contribution in [0.5, 0.6) is 5.75 Å². The lowest BCUT2D eigenvalue weighted by molar-refractivity contribution is -0.347. The second-order valence-electron chi connectivity index (χ2n) is 13.4. The van der Waals surface area contributed by atoms with Crippen LogP contribution in [-0.4, -0.2) is 149 Å². The standard InChI is InChI=1S/C35H44O18/c1-15-27(50-22(40)10-7-18-5-8-19(44-4)9-6-18)29(47-16(2)38)30(48-17(3)39)34(46-15)51-28-20-11-12-45-32(23(20)35(14-37)31(28)53-35)52-33-26(43)25(42)24(41)21(13-36)49-33/h5-12,15,20-21,23-34,36-37,41-43H,13-14H2,1-4H3. The predicted octanol–water partition coefficient (Wildman–Crippen LogP) is -1.32. The molecule has 1 aromatic carbocycles. The van der Waals surface area contributed by atoms with Crippen molar-refractivity contribution in [1.82, 2.24) is 0 Å².